The van der Waals surface area contributed by atoms with Crippen molar-refractivity contribution in [3.8, 4) is 5.75 Å². The zero-order chi connectivity index (χ0) is 13.9. The topological polar surface area (TPSA) is 24.5 Å². The molecule has 0 spiro atoms. The highest BCUT2D eigenvalue weighted by Crippen LogP contribution is 2.31. The molecule has 0 radical (unpaired) electrons. The first kappa shape index (κ1) is 14.8. The molecule has 0 aromatic heterocycles. The third-order valence-electron chi connectivity index (χ3n) is 3.59. The zero-order valence-electron chi connectivity index (χ0n) is 12.7. The van der Waals surface area contributed by atoms with Gasteiger partial charge in [-0.1, -0.05) is 0 Å². The lowest BCUT2D eigenvalue weighted by Gasteiger charge is -2.38. The fourth-order valence-electron chi connectivity index (χ4n) is 2.23. The van der Waals surface area contributed by atoms with Crippen LogP contribution in [0.15, 0.2) is 12.1 Å². The van der Waals surface area contributed by atoms with Gasteiger partial charge in [-0.25, -0.2) is 0 Å². The molecule has 102 valence electrons. The van der Waals surface area contributed by atoms with Crippen LogP contribution in [0.2, 0.25) is 0 Å². The number of ether oxygens (including phenoxy) is 1. The zero-order valence-corrected chi connectivity index (χ0v) is 12.7. The van der Waals surface area contributed by atoms with Crippen LogP contribution in [0.1, 0.15) is 25.0 Å². The third-order valence-corrected chi connectivity index (χ3v) is 3.59. The van der Waals surface area contributed by atoms with Crippen LogP contribution in [0, 0.1) is 13.8 Å². The molecule has 0 aliphatic carbocycles. The van der Waals surface area contributed by atoms with Crippen LogP contribution in [0.3, 0.4) is 0 Å². The summed E-state index contributed by atoms with van der Waals surface area (Å²) in [5.74, 6) is 0.955. The average molecular weight is 250 g/mol. The normalized spacial score (nSPS) is 11.5. The molecule has 0 aliphatic rings. The molecule has 0 fully saturated rings. The van der Waals surface area contributed by atoms with Crippen molar-refractivity contribution >= 4 is 5.69 Å². The monoisotopic (exact) mass is 250 g/mol. The molecule has 0 amide bonds. The van der Waals surface area contributed by atoms with E-state index < -0.39 is 0 Å². The Morgan fingerprint density at radius 1 is 1.22 bits per heavy atom. The molecule has 0 bridgehead atoms. The molecule has 0 saturated carbocycles. The van der Waals surface area contributed by atoms with Gasteiger partial charge in [-0.2, -0.15) is 0 Å². The van der Waals surface area contributed by atoms with Crippen molar-refractivity contribution in [2.24, 2.45) is 0 Å². The molecule has 0 heterocycles. The van der Waals surface area contributed by atoms with Crippen molar-refractivity contribution in [3.05, 3.63) is 23.3 Å². The van der Waals surface area contributed by atoms with Crippen molar-refractivity contribution in [2.75, 3.05) is 32.6 Å². The van der Waals surface area contributed by atoms with Crippen molar-refractivity contribution in [1.82, 2.24) is 5.32 Å². The summed E-state index contributed by atoms with van der Waals surface area (Å²) in [7, 11) is 5.85. The van der Waals surface area contributed by atoms with E-state index >= 15 is 0 Å². The largest absolute Gasteiger partial charge is 0.496 e. The lowest BCUT2D eigenvalue weighted by molar-refractivity contribution is 0.411. The summed E-state index contributed by atoms with van der Waals surface area (Å²) in [4.78, 5) is 2.32. The van der Waals surface area contributed by atoms with Crippen LogP contribution < -0.4 is 15.0 Å². The van der Waals surface area contributed by atoms with E-state index in [0.29, 0.717) is 0 Å². The molecule has 1 rings (SSSR count). The summed E-state index contributed by atoms with van der Waals surface area (Å²) in [6.45, 7) is 9.63. The Labute approximate surface area is 111 Å². The summed E-state index contributed by atoms with van der Waals surface area (Å²) in [5.41, 5.74) is 3.74. The summed E-state index contributed by atoms with van der Waals surface area (Å²) in [6, 6.07) is 4.31. The number of hydrogen-bond acceptors (Lipinski definition) is 3. The molecule has 18 heavy (non-hydrogen) atoms. The standard InChI is InChI=1S/C15H26N2O/c1-11-9-14(18-7)12(2)8-13(11)17(6)15(3,4)10-16-5/h8-9,16H,10H2,1-7H3. The maximum absolute atomic E-state index is 5.36. The fourth-order valence-corrected chi connectivity index (χ4v) is 2.23. The minimum Gasteiger partial charge on any atom is -0.496 e. The van der Waals surface area contributed by atoms with Gasteiger partial charge >= 0.3 is 0 Å². The second kappa shape index (κ2) is 5.61. The second-order valence-electron chi connectivity index (χ2n) is 5.51. The second-order valence-corrected chi connectivity index (χ2v) is 5.51. The number of rotatable bonds is 5. The van der Waals surface area contributed by atoms with E-state index in [1.807, 2.05) is 7.05 Å². The Balaban J connectivity index is 3.13. The van der Waals surface area contributed by atoms with Crippen molar-refractivity contribution in [3.63, 3.8) is 0 Å². The highest BCUT2D eigenvalue weighted by atomic mass is 16.5. The number of aryl methyl sites for hydroxylation is 2. The van der Waals surface area contributed by atoms with Crippen LogP contribution in [0.4, 0.5) is 5.69 Å². The van der Waals surface area contributed by atoms with Crippen molar-refractivity contribution in [2.45, 2.75) is 33.2 Å². The Kier molecular flexibility index (Phi) is 4.63. The first-order chi connectivity index (χ1) is 8.33. The van der Waals surface area contributed by atoms with Crippen LogP contribution in [-0.4, -0.2) is 33.3 Å². The van der Waals surface area contributed by atoms with Gasteiger partial charge in [0, 0.05) is 24.8 Å². The average Bonchev–Trinajstić information content (AvgIpc) is 2.30. The Bertz CT molecular complexity index is 413. The Morgan fingerprint density at radius 2 is 1.83 bits per heavy atom. The summed E-state index contributed by atoms with van der Waals surface area (Å²) >= 11 is 0. The van der Waals surface area contributed by atoms with Crippen molar-refractivity contribution in [1.29, 1.82) is 0 Å². The maximum Gasteiger partial charge on any atom is 0.122 e. The SMILES string of the molecule is CNCC(C)(C)N(C)c1cc(C)c(OC)cc1C. The minimum absolute atomic E-state index is 0.0700. The number of methoxy groups -OCH3 is 1. The molecule has 1 aromatic carbocycles. The van der Waals surface area contributed by atoms with E-state index in [9.17, 15) is 0 Å². The number of likely N-dealkylation sites (N-methyl/N-ethyl adjacent to an activating group) is 2. The van der Waals surface area contributed by atoms with Crippen molar-refractivity contribution < 1.29 is 4.74 Å². The first-order valence-electron chi connectivity index (χ1n) is 6.37. The first-order valence-corrected chi connectivity index (χ1v) is 6.37. The van der Waals surface area contributed by atoms with E-state index in [2.05, 4.69) is 57.1 Å². The molecule has 3 nitrogen and oxygen atoms in total. The maximum atomic E-state index is 5.36. The Hall–Kier alpha value is -1.22. The van der Waals surface area contributed by atoms with Crippen LogP contribution in [0.25, 0.3) is 0 Å². The van der Waals surface area contributed by atoms with Gasteiger partial charge < -0.3 is 15.0 Å². The van der Waals surface area contributed by atoms with Crippen LogP contribution in [0.5, 0.6) is 5.75 Å². The molecule has 1 N–H and O–H groups in total. The van der Waals surface area contributed by atoms with Gasteiger partial charge in [0.05, 0.1) is 7.11 Å². The number of anilines is 1. The van der Waals surface area contributed by atoms with Gasteiger partial charge in [0.15, 0.2) is 0 Å². The number of nitrogens with one attached hydrogen (secondary N) is 1. The Morgan fingerprint density at radius 3 is 2.33 bits per heavy atom. The van der Waals surface area contributed by atoms with E-state index in [1.54, 1.807) is 7.11 Å². The van der Waals surface area contributed by atoms with E-state index in [1.165, 1.54) is 16.8 Å². The summed E-state index contributed by atoms with van der Waals surface area (Å²) < 4.78 is 5.36. The third kappa shape index (κ3) is 2.96. The van der Waals surface area contributed by atoms with Gasteiger partial charge in [0.1, 0.15) is 5.75 Å². The molecule has 3 heteroatoms. The van der Waals surface area contributed by atoms with E-state index in [4.69, 9.17) is 4.74 Å². The molecule has 1 aromatic rings. The molecule has 0 aliphatic heterocycles. The number of benzene rings is 1. The lowest BCUT2D eigenvalue weighted by Crippen LogP contribution is -2.48. The highest BCUT2D eigenvalue weighted by Gasteiger charge is 2.24. The quantitative estimate of drug-likeness (QED) is 0.869. The highest BCUT2D eigenvalue weighted by molar-refractivity contribution is 5.59. The molecule has 0 saturated heterocycles. The number of hydrogen-bond donors (Lipinski definition) is 1. The fraction of sp³-hybridized carbons (Fsp3) is 0.600. The predicted octanol–water partition coefficient (Wildman–Crippen LogP) is 2.75. The predicted molar refractivity (Wildman–Crippen MR) is 78.9 cm³/mol. The molecular weight excluding hydrogens is 224 g/mol. The molecule has 0 unspecified atom stereocenters. The van der Waals surface area contributed by atoms with Crippen LogP contribution in [-0.2, 0) is 0 Å². The van der Waals surface area contributed by atoms with Gasteiger partial charge in [0.2, 0.25) is 0 Å². The van der Waals surface area contributed by atoms with E-state index in [-0.39, 0.29) is 5.54 Å². The van der Waals surface area contributed by atoms with Gasteiger partial charge in [-0.15, -0.1) is 0 Å². The smallest absolute Gasteiger partial charge is 0.122 e. The number of nitrogens with zero attached hydrogens (tertiary/aromatic N) is 1. The van der Waals surface area contributed by atoms with Crippen LogP contribution >= 0.6 is 0 Å². The summed E-state index contributed by atoms with van der Waals surface area (Å²) in [6.07, 6.45) is 0. The van der Waals surface area contributed by atoms with E-state index in [0.717, 1.165) is 12.3 Å². The van der Waals surface area contributed by atoms with Gasteiger partial charge in [-0.05, 0) is 58.0 Å². The summed E-state index contributed by atoms with van der Waals surface area (Å²) in [5, 5.41) is 3.25. The molecular formula is C15H26N2O. The minimum atomic E-state index is 0.0700. The molecule has 0 atom stereocenters. The van der Waals surface area contributed by atoms with Gasteiger partial charge in [0.25, 0.3) is 0 Å². The van der Waals surface area contributed by atoms with Gasteiger partial charge in [-0.3, -0.25) is 0 Å². The lowest BCUT2D eigenvalue weighted by atomic mass is 10.00.